The Kier molecular flexibility index (Phi) is 6.24. The monoisotopic (exact) mass is 423 g/mol. The fraction of sp³-hybridized carbons (Fsp3) is 0.0667. The van der Waals surface area contributed by atoms with Crippen LogP contribution < -0.4 is 10.1 Å². The second kappa shape index (κ2) is 8.01. The predicted octanol–water partition coefficient (Wildman–Crippen LogP) is 4.72. The van der Waals surface area contributed by atoms with E-state index in [1.54, 1.807) is 0 Å². The molecule has 0 aliphatic heterocycles. The number of rotatable bonds is 5. The topological polar surface area (TPSA) is 95.9 Å². The van der Waals surface area contributed by atoms with Gasteiger partial charge in [-0.05, 0) is 18.2 Å². The van der Waals surface area contributed by atoms with Crippen molar-refractivity contribution in [3.8, 4) is 11.5 Å². The second-order valence-electron chi connectivity index (χ2n) is 4.68. The van der Waals surface area contributed by atoms with Crippen LogP contribution in [0.2, 0.25) is 20.1 Å². The molecule has 2 aromatic rings. The molecule has 0 spiro atoms. The summed E-state index contributed by atoms with van der Waals surface area (Å²) in [5, 5.41) is 21.2. The summed E-state index contributed by atoms with van der Waals surface area (Å²) in [5.41, 5.74) is -0.0801. The molecule has 0 aliphatic carbocycles. The SMILES string of the molecule is O=C(O)COc1cc(NC(=O)c2cc(Cl)cc(Cl)c2O)c(Cl)cc1Cl. The quantitative estimate of drug-likeness (QED) is 0.645. The minimum Gasteiger partial charge on any atom is -0.506 e. The van der Waals surface area contributed by atoms with Gasteiger partial charge in [0.25, 0.3) is 5.91 Å². The van der Waals surface area contributed by atoms with Crippen molar-refractivity contribution in [2.24, 2.45) is 0 Å². The summed E-state index contributed by atoms with van der Waals surface area (Å²) in [6.07, 6.45) is 0. The van der Waals surface area contributed by atoms with E-state index in [1.807, 2.05) is 0 Å². The molecule has 0 aliphatic rings. The van der Waals surface area contributed by atoms with Gasteiger partial charge >= 0.3 is 5.97 Å². The number of phenolic OH excluding ortho intramolecular Hbond substituents is 1. The van der Waals surface area contributed by atoms with Crippen LogP contribution in [0.15, 0.2) is 24.3 Å². The van der Waals surface area contributed by atoms with E-state index in [0.29, 0.717) is 0 Å². The van der Waals surface area contributed by atoms with Crippen molar-refractivity contribution in [2.75, 3.05) is 11.9 Å². The van der Waals surface area contributed by atoms with Crippen LogP contribution in [0.4, 0.5) is 5.69 Å². The fourth-order valence-corrected chi connectivity index (χ4v) is 2.78. The van der Waals surface area contributed by atoms with Gasteiger partial charge in [-0.25, -0.2) is 4.79 Å². The first-order valence-corrected chi connectivity index (χ1v) is 8.03. The number of carbonyl (C=O) groups excluding carboxylic acids is 1. The number of hydrogen-bond donors (Lipinski definition) is 3. The summed E-state index contributed by atoms with van der Waals surface area (Å²) in [7, 11) is 0. The molecule has 0 unspecified atom stereocenters. The Balaban J connectivity index is 2.32. The lowest BCUT2D eigenvalue weighted by atomic mass is 10.1. The number of carbonyl (C=O) groups is 2. The van der Waals surface area contributed by atoms with Gasteiger partial charge in [-0.15, -0.1) is 0 Å². The van der Waals surface area contributed by atoms with Gasteiger partial charge in [0.1, 0.15) is 11.5 Å². The number of amides is 1. The predicted molar refractivity (Wildman–Crippen MR) is 95.7 cm³/mol. The zero-order valence-corrected chi connectivity index (χ0v) is 15.2. The number of anilines is 1. The molecule has 6 nitrogen and oxygen atoms in total. The molecule has 0 fully saturated rings. The lowest BCUT2D eigenvalue weighted by Crippen LogP contribution is -2.13. The van der Waals surface area contributed by atoms with Gasteiger partial charge in [0.05, 0.1) is 26.3 Å². The van der Waals surface area contributed by atoms with Crippen molar-refractivity contribution in [2.45, 2.75) is 0 Å². The number of benzene rings is 2. The number of hydrogen-bond acceptors (Lipinski definition) is 4. The molecule has 0 saturated heterocycles. The highest BCUT2D eigenvalue weighted by atomic mass is 35.5. The Hall–Kier alpha value is -1.86. The first-order valence-electron chi connectivity index (χ1n) is 6.52. The molecule has 2 aromatic carbocycles. The van der Waals surface area contributed by atoms with E-state index in [0.717, 1.165) is 0 Å². The molecule has 10 heteroatoms. The lowest BCUT2D eigenvalue weighted by molar-refractivity contribution is -0.139. The molecule has 3 N–H and O–H groups in total. The molecule has 0 saturated carbocycles. The number of carboxylic acids is 1. The third-order valence-electron chi connectivity index (χ3n) is 2.89. The van der Waals surface area contributed by atoms with Crippen LogP contribution in [-0.4, -0.2) is 28.7 Å². The van der Waals surface area contributed by atoms with Crippen LogP contribution in [0.3, 0.4) is 0 Å². The van der Waals surface area contributed by atoms with E-state index in [4.69, 9.17) is 56.2 Å². The van der Waals surface area contributed by atoms with Gasteiger partial charge in [0.15, 0.2) is 6.61 Å². The van der Waals surface area contributed by atoms with Crippen LogP contribution in [0.5, 0.6) is 11.5 Å². The van der Waals surface area contributed by atoms with Gasteiger partial charge in [-0.1, -0.05) is 46.4 Å². The molecule has 0 heterocycles. The number of aromatic hydroxyl groups is 1. The highest BCUT2D eigenvalue weighted by Crippen LogP contribution is 2.36. The summed E-state index contributed by atoms with van der Waals surface area (Å²) >= 11 is 23.5. The molecule has 0 atom stereocenters. The molecule has 1 amide bonds. The minimum atomic E-state index is -1.20. The number of nitrogens with one attached hydrogen (secondary N) is 1. The molecular weight excluding hydrogens is 416 g/mol. The molecule has 25 heavy (non-hydrogen) atoms. The maximum Gasteiger partial charge on any atom is 0.341 e. The van der Waals surface area contributed by atoms with Gasteiger partial charge in [-0.2, -0.15) is 0 Å². The van der Waals surface area contributed by atoms with Crippen LogP contribution in [0.1, 0.15) is 10.4 Å². The number of carboxylic acid groups (broad SMARTS) is 1. The Morgan fingerprint density at radius 3 is 2.32 bits per heavy atom. The molecule has 2 rings (SSSR count). The average Bonchev–Trinajstić information content (AvgIpc) is 2.52. The van der Waals surface area contributed by atoms with E-state index in [2.05, 4.69) is 5.32 Å². The van der Waals surface area contributed by atoms with E-state index in [-0.39, 0.29) is 37.1 Å². The third-order valence-corrected chi connectivity index (χ3v) is 4.01. The first-order chi connectivity index (χ1) is 11.7. The number of aliphatic carboxylic acids is 1. The van der Waals surface area contributed by atoms with Gasteiger partial charge < -0.3 is 20.3 Å². The first kappa shape index (κ1) is 19.5. The van der Waals surface area contributed by atoms with E-state index in [1.165, 1.54) is 24.3 Å². The highest BCUT2D eigenvalue weighted by molar-refractivity contribution is 6.38. The number of halogens is 4. The fourth-order valence-electron chi connectivity index (χ4n) is 1.80. The number of ether oxygens (including phenoxy) is 1. The van der Waals surface area contributed by atoms with E-state index < -0.39 is 24.2 Å². The average molecular weight is 425 g/mol. The van der Waals surface area contributed by atoms with Crippen molar-refractivity contribution in [3.05, 3.63) is 49.9 Å². The van der Waals surface area contributed by atoms with Gasteiger partial charge in [0.2, 0.25) is 0 Å². The standard InChI is InChI=1S/C15H9Cl4NO5/c16-6-1-7(14(23)10(19)2-6)15(24)20-11-4-12(25-5-13(21)22)9(18)3-8(11)17/h1-4,23H,5H2,(H,20,24)(H,21,22). The Morgan fingerprint density at radius 1 is 1.00 bits per heavy atom. The van der Waals surface area contributed by atoms with Gasteiger partial charge in [0, 0.05) is 11.1 Å². The third kappa shape index (κ3) is 4.83. The second-order valence-corrected chi connectivity index (χ2v) is 6.34. The lowest BCUT2D eigenvalue weighted by Gasteiger charge is -2.13. The Bertz CT molecular complexity index is 856. The summed E-state index contributed by atoms with van der Waals surface area (Å²) in [5.74, 6) is -2.38. The molecule has 0 bridgehead atoms. The molecule has 132 valence electrons. The highest BCUT2D eigenvalue weighted by Gasteiger charge is 2.18. The molecular formula is C15H9Cl4NO5. The van der Waals surface area contributed by atoms with Crippen molar-refractivity contribution >= 4 is 64.0 Å². The molecule has 0 radical (unpaired) electrons. The van der Waals surface area contributed by atoms with Crippen molar-refractivity contribution < 1.29 is 24.5 Å². The minimum absolute atomic E-state index is 0.0112. The van der Waals surface area contributed by atoms with Crippen LogP contribution in [0.25, 0.3) is 0 Å². The molecule has 0 aromatic heterocycles. The summed E-state index contributed by atoms with van der Waals surface area (Å²) in [6.45, 7) is -0.626. The largest absolute Gasteiger partial charge is 0.506 e. The Morgan fingerprint density at radius 2 is 1.68 bits per heavy atom. The summed E-state index contributed by atoms with van der Waals surface area (Å²) in [4.78, 5) is 22.9. The zero-order valence-electron chi connectivity index (χ0n) is 12.1. The summed E-state index contributed by atoms with van der Waals surface area (Å²) < 4.78 is 5.01. The smallest absolute Gasteiger partial charge is 0.341 e. The van der Waals surface area contributed by atoms with Crippen LogP contribution in [-0.2, 0) is 4.79 Å². The normalized spacial score (nSPS) is 10.4. The van der Waals surface area contributed by atoms with Crippen LogP contribution in [0, 0.1) is 0 Å². The van der Waals surface area contributed by atoms with Crippen molar-refractivity contribution in [1.29, 1.82) is 0 Å². The Labute approximate surface area is 161 Å². The van der Waals surface area contributed by atoms with Gasteiger partial charge in [-0.3, -0.25) is 4.79 Å². The van der Waals surface area contributed by atoms with Crippen LogP contribution >= 0.6 is 46.4 Å². The maximum absolute atomic E-state index is 12.3. The number of phenols is 1. The zero-order chi connectivity index (χ0) is 18.7. The van der Waals surface area contributed by atoms with E-state index in [9.17, 15) is 14.7 Å². The van der Waals surface area contributed by atoms with Crippen molar-refractivity contribution in [3.63, 3.8) is 0 Å². The van der Waals surface area contributed by atoms with Crippen molar-refractivity contribution in [1.82, 2.24) is 0 Å². The summed E-state index contributed by atoms with van der Waals surface area (Å²) in [6, 6.07) is 5.04. The van der Waals surface area contributed by atoms with E-state index >= 15 is 0 Å². The maximum atomic E-state index is 12.3.